The van der Waals surface area contributed by atoms with Crippen LogP contribution in [-0.4, -0.2) is 5.11 Å². The summed E-state index contributed by atoms with van der Waals surface area (Å²) in [6, 6.07) is 4.03. The summed E-state index contributed by atoms with van der Waals surface area (Å²) in [4.78, 5) is 0. The van der Waals surface area contributed by atoms with E-state index in [1.165, 1.54) is 12.1 Å². The number of aliphatic hydroxyl groups is 1. The third-order valence-electron chi connectivity index (χ3n) is 4.15. The maximum Gasteiger partial charge on any atom is 0.164 e. The molecule has 1 atom stereocenters. The first-order valence-corrected chi connectivity index (χ1v) is 6.70. The van der Waals surface area contributed by atoms with Gasteiger partial charge in [-0.3, -0.25) is 0 Å². The SMILES string of the molecule is CC(O)(c1cccc(F)c1F)C1CCCCCC1. The second-order valence-corrected chi connectivity index (χ2v) is 5.44. The molecule has 2 rings (SSSR count). The fraction of sp³-hybridized carbons (Fsp3) is 0.600. The van der Waals surface area contributed by atoms with E-state index < -0.39 is 17.2 Å². The van der Waals surface area contributed by atoms with Crippen LogP contribution in [0.2, 0.25) is 0 Å². The summed E-state index contributed by atoms with van der Waals surface area (Å²) in [6.07, 6.45) is 6.19. The number of benzene rings is 1. The first kappa shape index (κ1) is 13.5. The number of rotatable bonds is 2. The molecule has 0 amide bonds. The van der Waals surface area contributed by atoms with E-state index >= 15 is 0 Å². The third-order valence-corrected chi connectivity index (χ3v) is 4.15. The summed E-state index contributed by atoms with van der Waals surface area (Å²) in [5, 5.41) is 10.6. The van der Waals surface area contributed by atoms with Gasteiger partial charge in [-0.1, -0.05) is 37.8 Å². The molecule has 0 saturated heterocycles. The van der Waals surface area contributed by atoms with Crippen LogP contribution in [0.3, 0.4) is 0 Å². The second kappa shape index (κ2) is 5.35. The number of halogens is 2. The summed E-state index contributed by atoms with van der Waals surface area (Å²) in [5.74, 6) is -1.79. The van der Waals surface area contributed by atoms with Crippen molar-refractivity contribution in [1.29, 1.82) is 0 Å². The Bertz CT molecular complexity index is 407. The molecule has 100 valence electrons. The van der Waals surface area contributed by atoms with E-state index in [1.54, 1.807) is 6.92 Å². The first-order valence-electron chi connectivity index (χ1n) is 6.70. The topological polar surface area (TPSA) is 20.2 Å². The van der Waals surface area contributed by atoms with Crippen molar-refractivity contribution in [1.82, 2.24) is 0 Å². The van der Waals surface area contributed by atoms with Crippen molar-refractivity contribution in [3.8, 4) is 0 Å². The lowest BCUT2D eigenvalue weighted by Crippen LogP contribution is -2.33. The molecule has 1 unspecified atom stereocenters. The molecule has 0 radical (unpaired) electrons. The Hall–Kier alpha value is -0.960. The van der Waals surface area contributed by atoms with Crippen LogP contribution in [0.4, 0.5) is 8.78 Å². The molecule has 18 heavy (non-hydrogen) atoms. The van der Waals surface area contributed by atoms with Gasteiger partial charge >= 0.3 is 0 Å². The molecule has 1 nitrogen and oxygen atoms in total. The molecule has 1 saturated carbocycles. The highest BCUT2D eigenvalue weighted by molar-refractivity contribution is 5.25. The lowest BCUT2D eigenvalue weighted by Gasteiger charge is -2.33. The zero-order valence-corrected chi connectivity index (χ0v) is 10.8. The molecule has 1 fully saturated rings. The van der Waals surface area contributed by atoms with E-state index in [4.69, 9.17) is 0 Å². The van der Waals surface area contributed by atoms with Crippen LogP contribution >= 0.6 is 0 Å². The maximum atomic E-state index is 13.8. The smallest absolute Gasteiger partial charge is 0.164 e. The Labute approximate surface area is 107 Å². The summed E-state index contributed by atoms with van der Waals surface area (Å²) in [6.45, 7) is 1.61. The van der Waals surface area contributed by atoms with Crippen molar-refractivity contribution in [3.05, 3.63) is 35.4 Å². The minimum Gasteiger partial charge on any atom is -0.385 e. The van der Waals surface area contributed by atoms with E-state index in [9.17, 15) is 13.9 Å². The molecule has 1 aliphatic rings. The third kappa shape index (κ3) is 2.56. The fourth-order valence-corrected chi connectivity index (χ4v) is 2.96. The minimum atomic E-state index is -1.28. The average Bonchev–Trinajstić information content (AvgIpc) is 2.61. The van der Waals surface area contributed by atoms with Gasteiger partial charge in [0.05, 0.1) is 5.60 Å². The summed E-state index contributed by atoms with van der Waals surface area (Å²) in [7, 11) is 0. The Kier molecular flexibility index (Phi) is 4.00. The Balaban J connectivity index is 2.31. The number of hydrogen-bond donors (Lipinski definition) is 1. The van der Waals surface area contributed by atoms with Crippen molar-refractivity contribution in [2.45, 2.75) is 51.0 Å². The van der Waals surface area contributed by atoms with Crippen LogP contribution in [0.5, 0.6) is 0 Å². The van der Waals surface area contributed by atoms with Gasteiger partial charge in [0, 0.05) is 5.56 Å². The van der Waals surface area contributed by atoms with Gasteiger partial charge in [-0.05, 0) is 31.7 Å². The van der Waals surface area contributed by atoms with Gasteiger partial charge in [-0.15, -0.1) is 0 Å². The molecular formula is C15H20F2O. The van der Waals surface area contributed by atoms with E-state index in [2.05, 4.69) is 0 Å². The molecule has 3 heteroatoms. The lowest BCUT2D eigenvalue weighted by atomic mass is 9.78. The highest BCUT2D eigenvalue weighted by Gasteiger charge is 2.36. The second-order valence-electron chi connectivity index (χ2n) is 5.44. The van der Waals surface area contributed by atoms with Crippen LogP contribution in [0, 0.1) is 17.6 Å². The van der Waals surface area contributed by atoms with Crippen molar-refractivity contribution < 1.29 is 13.9 Å². The van der Waals surface area contributed by atoms with E-state index in [-0.39, 0.29) is 11.5 Å². The van der Waals surface area contributed by atoms with Gasteiger partial charge in [-0.25, -0.2) is 8.78 Å². The summed E-state index contributed by atoms with van der Waals surface area (Å²) in [5.41, 5.74) is -1.19. The van der Waals surface area contributed by atoms with Gasteiger partial charge in [0.15, 0.2) is 11.6 Å². The Morgan fingerprint density at radius 2 is 1.72 bits per heavy atom. The van der Waals surface area contributed by atoms with Gasteiger partial charge in [0.25, 0.3) is 0 Å². The molecular weight excluding hydrogens is 234 g/mol. The number of hydrogen-bond acceptors (Lipinski definition) is 1. The van der Waals surface area contributed by atoms with Crippen molar-refractivity contribution in [2.24, 2.45) is 5.92 Å². The molecule has 0 spiro atoms. The average molecular weight is 254 g/mol. The van der Waals surface area contributed by atoms with Crippen LogP contribution in [0.15, 0.2) is 18.2 Å². The zero-order valence-electron chi connectivity index (χ0n) is 10.8. The first-order chi connectivity index (χ1) is 8.53. The molecule has 1 aromatic carbocycles. The predicted octanol–water partition coefficient (Wildman–Crippen LogP) is 4.14. The zero-order chi connectivity index (χ0) is 13.2. The predicted molar refractivity (Wildman–Crippen MR) is 67.1 cm³/mol. The monoisotopic (exact) mass is 254 g/mol. The van der Waals surface area contributed by atoms with Gasteiger partial charge in [-0.2, -0.15) is 0 Å². The van der Waals surface area contributed by atoms with E-state index in [0.717, 1.165) is 44.6 Å². The molecule has 0 bridgehead atoms. The molecule has 0 aromatic heterocycles. The lowest BCUT2D eigenvalue weighted by molar-refractivity contribution is -0.0161. The fourth-order valence-electron chi connectivity index (χ4n) is 2.96. The van der Waals surface area contributed by atoms with Crippen molar-refractivity contribution >= 4 is 0 Å². The largest absolute Gasteiger partial charge is 0.385 e. The highest BCUT2D eigenvalue weighted by Crippen LogP contribution is 2.39. The van der Waals surface area contributed by atoms with Gasteiger partial charge < -0.3 is 5.11 Å². The van der Waals surface area contributed by atoms with Crippen LogP contribution in [-0.2, 0) is 5.60 Å². The summed E-state index contributed by atoms with van der Waals surface area (Å²) >= 11 is 0. The Morgan fingerprint density at radius 1 is 1.11 bits per heavy atom. The van der Waals surface area contributed by atoms with Gasteiger partial charge in [0.2, 0.25) is 0 Å². The van der Waals surface area contributed by atoms with Crippen molar-refractivity contribution in [2.75, 3.05) is 0 Å². The molecule has 1 N–H and O–H groups in total. The molecule has 1 aromatic rings. The summed E-state index contributed by atoms with van der Waals surface area (Å²) < 4.78 is 27.1. The van der Waals surface area contributed by atoms with Gasteiger partial charge in [0.1, 0.15) is 0 Å². The molecule has 0 heterocycles. The van der Waals surface area contributed by atoms with Crippen LogP contribution in [0.25, 0.3) is 0 Å². The highest BCUT2D eigenvalue weighted by atomic mass is 19.2. The minimum absolute atomic E-state index is 0.0105. The van der Waals surface area contributed by atoms with E-state index in [0.29, 0.717) is 0 Å². The quantitative estimate of drug-likeness (QED) is 0.786. The normalized spacial score (nSPS) is 21.3. The molecule has 0 aliphatic heterocycles. The van der Waals surface area contributed by atoms with Crippen molar-refractivity contribution in [3.63, 3.8) is 0 Å². The molecule has 1 aliphatic carbocycles. The van der Waals surface area contributed by atoms with Crippen LogP contribution < -0.4 is 0 Å². The standard InChI is InChI=1S/C15H20F2O/c1-15(18,11-7-4-2-3-5-8-11)12-9-6-10-13(16)14(12)17/h6,9-11,18H,2-5,7-8H2,1H3. The van der Waals surface area contributed by atoms with E-state index in [1.807, 2.05) is 0 Å². The maximum absolute atomic E-state index is 13.8. The van der Waals surface area contributed by atoms with Crippen LogP contribution in [0.1, 0.15) is 51.0 Å². The Morgan fingerprint density at radius 3 is 2.33 bits per heavy atom.